The molecular formula is C24H25BrN8O2. The molecule has 35 heavy (non-hydrogen) atoms. The molecule has 5 N–H and O–H groups in total. The van der Waals surface area contributed by atoms with Crippen molar-refractivity contribution >= 4 is 27.6 Å². The molecule has 0 spiro atoms. The SMILES string of the molecule is COc1cccc(CBr)c1.COc1cccc(Cn2cc(C#N)c(N)n2)c1.N#Cc1cn[nH]c1N. The minimum Gasteiger partial charge on any atom is -0.497 e. The number of nitrogens with zero attached hydrogens (tertiary/aromatic N) is 5. The Balaban J connectivity index is 0.000000204. The van der Waals surface area contributed by atoms with Crippen LogP contribution in [0.2, 0.25) is 0 Å². The first-order valence-corrected chi connectivity index (χ1v) is 11.3. The molecule has 4 aromatic rings. The summed E-state index contributed by atoms with van der Waals surface area (Å²) in [5.74, 6) is 2.29. The Morgan fingerprint density at radius 2 is 1.57 bits per heavy atom. The Morgan fingerprint density at radius 1 is 0.971 bits per heavy atom. The summed E-state index contributed by atoms with van der Waals surface area (Å²) in [6.07, 6.45) is 3.02. The van der Waals surface area contributed by atoms with Gasteiger partial charge in [-0.2, -0.15) is 20.7 Å². The fourth-order valence-electron chi connectivity index (χ4n) is 2.70. The van der Waals surface area contributed by atoms with Crippen LogP contribution in [0.25, 0.3) is 0 Å². The maximum absolute atomic E-state index is 8.78. The number of nitriles is 2. The molecule has 0 aliphatic rings. The van der Waals surface area contributed by atoms with Gasteiger partial charge in [-0.05, 0) is 35.4 Å². The maximum Gasteiger partial charge on any atom is 0.163 e. The summed E-state index contributed by atoms with van der Waals surface area (Å²) in [6.45, 7) is 0.559. The van der Waals surface area contributed by atoms with Gasteiger partial charge in [0.05, 0.1) is 27.0 Å². The van der Waals surface area contributed by atoms with E-state index in [-0.39, 0.29) is 5.82 Å². The number of nitrogen functional groups attached to an aromatic ring is 2. The average Bonchev–Trinajstić information content (AvgIpc) is 3.48. The van der Waals surface area contributed by atoms with Crippen molar-refractivity contribution in [2.24, 2.45) is 0 Å². The molecule has 0 atom stereocenters. The van der Waals surface area contributed by atoms with Gasteiger partial charge in [-0.1, -0.05) is 40.2 Å². The number of ether oxygens (including phenoxy) is 2. The molecule has 0 saturated carbocycles. The molecule has 0 unspecified atom stereocenters. The smallest absolute Gasteiger partial charge is 0.163 e. The highest BCUT2D eigenvalue weighted by atomic mass is 79.9. The number of halogens is 1. The highest BCUT2D eigenvalue weighted by molar-refractivity contribution is 9.08. The molecule has 0 bridgehead atoms. The molecule has 0 aliphatic heterocycles. The monoisotopic (exact) mass is 536 g/mol. The Morgan fingerprint density at radius 3 is 2.03 bits per heavy atom. The molecule has 0 aliphatic carbocycles. The van der Waals surface area contributed by atoms with Crippen molar-refractivity contribution in [1.82, 2.24) is 20.0 Å². The number of rotatable bonds is 5. The summed E-state index contributed by atoms with van der Waals surface area (Å²) in [5, 5.41) is 27.9. The average molecular weight is 537 g/mol. The van der Waals surface area contributed by atoms with Crippen molar-refractivity contribution in [3.05, 3.63) is 83.2 Å². The standard InChI is InChI=1S/C12H12N4O.C8H9BrO.C4H4N4/c1-17-11-4-2-3-9(5-11)7-16-8-10(6-13)12(14)15-16;1-10-8-4-2-3-7(5-8)6-9;5-1-3-2-7-8-4(3)6/h2-5,8H,7H2,1H3,(H2,14,15);2-5H,6H2,1H3;2H,(H3,6,7,8). The van der Waals surface area contributed by atoms with Gasteiger partial charge in [-0.3, -0.25) is 9.78 Å². The number of methoxy groups -OCH3 is 2. The first-order chi connectivity index (χ1) is 16.9. The lowest BCUT2D eigenvalue weighted by Crippen LogP contribution is -2.01. The third-order valence-corrected chi connectivity index (χ3v) is 5.11. The van der Waals surface area contributed by atoms with Gasteiger partial charge >= 0.3 is 0 Å². The van der Waals surface area contributed by atoms with Crippen molar-refractivity contribution in [2.45, 2.75) is 11.9 Å². The van der Waals surface area contributed by atoms with E-state index in [0.717, 1.165) is 22.4 Å². The number of alkyl halides is 1. The fourth-order valence-corrected chi connectivity index (χ4v) is 3.05. The summed E-state index contributed by atoms with van der Waals surface area (Å²) in [7, 11) is 3.30. The van der Waals surface area contributed by atoms with Crippen molar-refractivity contribution in [2.75, 3.05) is 25.7 Å². The van der Waals surface area contributed by atoms with E-state index < -0.39 is 0 Å². The van der Waals surface area contributed by atoms with Crippen molar-refractivity contribution in [3.63, 3.8) is 0 Å². The molecule has 180 valence electrons. The van der Waals surface area contributed by atoms with E-state index in [1.54, 1.807) is 25.1 Å². The molecule has 2 aromatic carbocycles. The molecule has 4 rings (SSSR count). The molecule has 0 radical (unpaired) electrons. The van der Waals surface area contributed by atoms with E-state index >= 15 is 0 Å². The van der Waals surface area contributed by atoms with Gasteiger partial charge in [0.25, 0.3) is 0 Å². The van der Waals surface area contributed by atoms with Crippen LogP contribution < -0.4 is 20.9 Å². The number of anilines is 2. The van der Waals surface area contributed by atoms with E-state index in [0.29, 0.717) is 23.5 Å². The van der Waals surface area contributed by atoms with Crippen molar-refractivity contribution in [1.29, 1.82) is 10.5 Å². The number of H-pyrrole nitrogens is 1. The second kappa shape index (κ2) is 13.9. The Labute approximate surface area is 211 Å². The van der Waals surface area contributed by atoms with Gasteiger partial charge in [-0.25, -0.2) is 0 Å². The van der Waals surface area contributed by atoms with E-state index in [2.05, 4.69) is 37.3 Å². The number of hydrogen-bond acceptors (Lipinski definition) is 8. The van der Waals surface area contributed by atoms with Gasteiger partial charge in [0.15, 0.2) is 5.82 Å². The first kappa shape index (κ1) is 26.8. The van der Waals surface area contributed by atoms with Crippen LogP contribution in [0.5, 0.6) is 11.5 Å². The van der Waals surface area contributed by atoms with E-state index in [1.165, 1.54) is 11.8 Å². The summed E-state index contributed by atoms with van der Waals surface area (Å²) in [5.41, 5.74) is 13.9. The Kier molecular flexibility index (Phi) is 10.7. The minimum absolute atomic E-state index is 0.260. The predicted octanol–water partition coefficient (Wildman–Crippen LogP) is 3.85. The number of benzene rings is 2. The van der Waals surface area contributed by atoms with Crippen LogP contribution in [-0.2, 0) is 11.9 Å². The molecule has 0 amide bonds. The number of aromatic nitrogens is 4. The van der Waals surface area contributed by atoms with Crippen LogP contribution in [0, 0.1) is 22.7 Å². The number of nitrogens with two attached hydrogens (primary N) is 2. The van der Waals surface area contributed by atoms with Crippen molar-refractivity contribution in [3.8, 4) is 23.6 Å². The van der Waals surface area contributed by atoms with Gasteiger partial charge < -0.3 is 20.9 Å². The van der Waals surface area contributed by atoms with E-state index in [4.69, 9.17) is 31.5 Å². The van der Waals surface area contributed by atoms with Crippen LogP contribution in [-0.4, -0.2) is 34.2 Å². The van der Waals surface area contributed by atoms with Gasteiger partial charge in [-0.15, -0.1) is 0 Å². The largest absolute Gasteiger partial charge is 0.497 e. The maximum atomic E-state index is 8.78. The second-order valence-electron chi connectivity index (χ2n) is 6.88. The Hall–Kier alpha value is -4.48. The summed E-state index contributed by atoms with van der Waals surface area (Å²) >= 11 is 3.37. The highest BCUT2D eigenvalue weighted by Gasteiger charge is 2.05. The highest BCUT2D eigenvalue weighted by Crippen LogP contribution is 2.15. The normalized spacial score (nSPS) is 9.40. The van der Waals surface area contributed by atoms with Gasteiger partial charge in [0.2, 0.25) is 0 Å². The molecule has 0 saturated heterocycles. The molecule has 2 heterocycles. The molecular weight excluding hydrogens is 512 g/mol. The van der Waals surface area contributed by atoms with Crippen LogP contribution in [0.15, 0.2) is 60.9 Å². The van der Waals surface area contributed by atoms with Crippen LogP contribution in [0.4, 0.5) is 11.6 Å². The number of aromatic amines is 1. The third kappa shape index (κ3) is 8.42. The second-order valence-corrected chi connectivity index (χ2v) is 7.44. The lowest BCUT2D eigenvalue weighted by atomic mass is 10.2. The Bertz CT molecular complexity index is 1280. The third-order valence-electron chi connectivity index (χ3n) is 4.47. The molecule has 11 heteroatoms. The topological polar surface area (TPSA) is 165 Å². The van der Waals surface area contributed by atoms with Crippen LogP contribution >= 0.6 is 15.9 Å². The van der Waals surface area contributed by atoms with E-state index in [1.807, 2.05) is 54.6 Å². The van der Waals surface area contributed by atoms with Gasteiger partial charge in [0.1, 0.15) is 40.6 Å². The van der Waals surface area contributed by atoms with Gasteiger partial charge in [0, 0.05) is 11.5 Å². The zero-order valence-corrected chi connectivity index (χ0v) is 20.9. The molecule has 10 nitrogen and oxygen atoms in total. The fraction of sp³-hybridized carbons (Fsp3) is 0.167. The zero-order valence-electron chi connectivity index (χ0n) is 19.3. The lowest BCUT2D eigenvalue weighted by Gasteiger charge is -2.04. The minimum atomic E-state index is 0.260. The summed E-state index contributed by atoms with van der Waals surface area (Å²) in [4.78, 5) is 0. The first-order valence-electron chi connectivity index (χ1n) is 10.2. The van der Waals surface area contributed by atoms with Crippen molar-refractivity contribution < 1.29 is 9.47 Å². The van der Waals surface area contributed by atoms with Crippen LogP contribution in [0.1, 0.15) is 22.3 Å². The molecule has 2 aromatic heterocycles. The summed E-state index contributed by atoms with van der Waals surface area (Å²) in [6, 6.07) is 19.5. The number of hydrogen-bond donors (Lipinski definition) is 3. The number of nitrogens with one attached hydrogen (secondary N) is 1. The lowest BCUT2D eigenvalue weighted by molar-refractivity contribution is 0.414. The van der Waals surface area contributed by atoms with E-state index in [9.17, 15) is 0 Å². The van der Waals surface area contributed by atoms with Crippen LogP contribution in [0.3, 0.4) is 0 Å². The predicted molar refractivity (Wildman–Crippen MR) is 137 cm³/mol. The molecule has 0 fully saturated rings. The summed E-state index contributed by atoms with van der Waals surface area (Å²) < 4.78 is 11.8. The quantitative estimate of drug-likeness (QED) is 0.323. The zero-order chi connectivity index (χ0) is 25.6.